The Labute approximate surface area is 176 Å². The van der Waals surface area contributed by atoms with E-state index in [4.69, 9.17) is 4.74 Å². The van der Waals surface area contributed by atoms with E-state index >= 15 is 0 Å². The Kier molecular flexibility index (Phi) is 5.73. The van der Waals surface area contributed by atoms with Gasteiger partial charge in [0.05, 0.1) is 16.8 Å². The van der Waals surface area contributed by atoms with E-state index in [1.807, 2.05) is 65.8 Å². The van der Waals surface area contributed by atoms with Gasteiger partial charge in [-0.25, -0.2) is 4.98 Å². The molecule has 3 aromatic heterocycles. The van der Waals surface area contributed by atoms with Crippen LogP contribution in [0.3, 0.4) is 0 Å². The van der Waals surface area contributed by atoms with Gasteiger partial charge in [0.15, 0.2) is 5.13 Å². The summed E-state index contributed by atoms with van der Waals surface area (Å²) < 4.78 is 7.62. The molecule has 1 N–H and O–H groups in total. The number of rotatable bonds is 7. The molecule has 0 aliphatic heterocycles. The van der Waals surface area contributed by atoms with E-state index in [9.17, 15) is 4.79 Å². The first-order valence-electron chi connectivity index (χ1n) is 9.17. The number of benzene rings is 1. The zero-order valence-corrected chi connectivity index (χ0v) is 17.7. The van der Waals surface area contributed by atoms with Gasteiger partial charge in [0.25, 0.3) is 5.91 Å². The first-order valence-corrected chi connectivity index (χ1v) is 10.9. The zero-order valence-electron chi connectivity index (χ0n) is 16.1. The quantitative estimate of drug-likeness (QED) is 0.441. The van der Waals surface area contributed by atoms with Crippen LogP contribution in [-0.4, -0.2) is 20.7 Å². The van der Waals surface area contributed by atoms with Gasteiger partial charge in [-0.3, -0.25) is 14.8 Å². The fraction of sp³-hybridized carbons (Fsp3) is 0.190. The minimum absolute atomic E-state index is 0.165. The molecule has 1 aromatic carbocycles. The molecule has 0 fully saturated rings. The van der Waals surface area contributed by atoms with Gasteiger partial charge in [0.2, 0.25) is 0 Å². The van der Waals surface area contributed by atoms with Gasteiger partial charge >= 0.3 is 0 Å². The number of carbonyl (C=O) groups is 1. The lowest BCUT2D eigenvalue weighted by molar-refractivity contribution is 0.103. The Balaban J connectivity index is 1.36. The summed E-state index contributed by atoms with van der Waals surface area (Å²) in [5, 5.41) is 11.6. The summed E-state index contributed by atoms with van der Waals surface area (Å²) in [5.74, 6) is 0.649. The van der Waals surface area contributed by atoms with E-state index in [2.05, 4.69) is 15.4 Å². The molecule has 0 aliphatic carbocycles. The van der Waals surface area contributed by atoms with Gasteiger partial charge in [-0.1, -0.05) is 17.7 Å². The van der Waals surface area contributed by atoms with Crippen molar-refractivity contribution in [2.75, 3.05) is 5.32 Å². The Morgan fingerprint density at radius 1 is 1.21 bits per heavy atom. The summed E-state index contributed by atoms with van der Waals surface area (Å²) in [6.45, 7) is 5.30. The average molecular weight is 425 g/mol. The molecule has 0 radical (unpaired) electrons. The molecule has 6 nitrogen and oxygen atoms in total. The number of aromatic nitrogens is 3. The predicted octanol–water partition coefficient (Wildman–Crippen LogP) is 5.23. The van der Waals surface area contributed by atoms with E-state index in [1.54, 1.807) is 6.20 Å². The molecule has 0 unspecified atom stereocenters. The zero-order chi connectivity index (χ0) is 20.2. The Morgan fingerprint density at radius 2 is 2.03 bits per heavy atom. The van der Waals surface area contributed by atoms with Crippen LogP contribution in [0.5, 0.6) is 5.75 Å². The van der Waals surface area contributed by atoms with Crippen molar-refractivity contribution in [1.82, 2.24) is 14.8 Å². The van der Waals surface area contributed by atoms with Gasteiger partial charge in [0, 0.05) is 29.2 Å². The van der Waals surface area contributed by atoms with Crippen molar-refractivity contribution < 1.29 is 9.53 Å². The summed E-state index contributed by atoms with van der Waals surface area (Å²) >= 11 is 2.80. The van der Waals surface area contributed by atoms with Crippen LogP contribution < -0.4 is 10.1 Å². The first kappa shape index (κ1) is 19.4. The molecule has 0 aliphatic rings. The summed E-state index contributed by atoms with van der Waals surface area (Å²) in [6, 6.07) is 9.77. The fourth-order valence-electron chi connectivity index (χ4n) is 2.66. The number of anilines is 1. The summed E-state index contributed by atoms with van der Waals surface area (Å²) in [4.78, 5) is 17.7. The third-order valence-corrected chi connectivity index (χ3v) is 6.02. The highest BCUT2D eigenvalue weighted by molar-refractivity contribution is 7.14. The maximum atomic E-state index is 12.5. The minimum Gasteiger partial charge on any atom is -0.489 e. The molecule has 0 saturated heterocycles. The second kappa shape index (κ2) is 8.59. The van der Waals surface area contributed by atoms with Crippen LogP contribution >= 0.6 is 22.7 Å². The normalized spacial score (nSPS) is 10.8. The molecule has 29 heavy (non-hydrogen) atoms. The fourth-order valence-corrected chi connectivity index (χ4v) is 4.17. The van der Waals surface area contributed by atoms with Crippen molar-refractivity contribution in [1.29, 1.82) is 0 Å². The number of carbonyl (C=O) groups excluding carboxylic acids is 1. The monoisotopic (exact) mass is 424 g/mol. The Hall–Kier alpha value is -2.97. The summed E-state index contributed by atoms with van der Waals surface area (Å²) in [6.07, 6.45) is 3.73. The standard InChI is InChI=1S/C21H20N4O2S2/c1-3-25-10-16(9-22-25)18-13-29-21(23-18)24-20(26)19-8-15(12-28-19)11-27-17-6-4-14(2)5-7-17/h4-10,12-13H,3,11H2,1-2H3,(H,23,24,26). The first-order chi connectivity index (χ1) is 14.1. The molecular formula is C21H20N4O2S2. The lowest BCUT2D eigenvalue weighted by Crippen LogP contribution is -2.09. The van der Waals surface area contributed by atoms with Crippen molar-refractivity contribution in [3.63, 3.8) is 0 Å². The van der Waals surface area contributed by atoms with Crippen LogP contribution in [0.1, 0.15) is 27.7 Å². The van der Waals surface area contributed by atoms with E-state index in [0.29, 0.717) is 16.6 Å². The smallest absolute Gasteiger partial charge is 0.267 e. The van der Waals surface area contributed by atoms with Crippen molar-refractivity contribution in [3.8, 4) is 17.0 Å². The van der Waals surface area contributed by atoms with Crippen molar-refractivity contribution in [3.05, 3.63) is 69.5 Å². The maximum Gasteiger partial charge on any atom is 0.267 e. The van der Waals surface area contributed by atoms with Gasteiger partial charge in [0.1, 0.15) is 12.4 Å². The number of hydrogen-bond acceptors (Lipinski definition) is 6. The Morgan fingerprint density at radius 3 is 2.79 bits per heavy atom. The van der Waals surface area contributed by atoms with Crippen LogP contribution in [0.4, 0.5) is 5.13 Å². The molecule has 8 heteroatoms. The predicted molar refractivity (Wildman–Crippen MR) is 117 cm³/mol. The van der Waals surface area contributed by atoms with Crippen LogP contribution in [0.25, 0.3) is 11.3 Å². The third kappa shape index (κ3) is 4.72. The number of aryl methyl sites for hydroxylation is 2. The molecule has 148 valence electrons. The number of nitrogens with one attached hydrogen (secondary N) is 1. The van der Waals surface area contributed by atoms with Crippen LogP contribution in [0, 0.1) is 6.92 Å². The molecule has 4 aromatic rings. The minimum atomic E-state index is -0.165. The van der Waals surface area contributed by atoms with Crippen LogP contribution in [0.2, 0.25) is 0 Å². The Bertz CT molecular complexity index is 1110. The molecule has 4 rings (SSSR count). The van der Waals surface area contributed by atoms with Gasteiger partial charge < -0.3 is 4.74 Å². The second-order valence-electron chi connectivity index (χ2n) is 6.50. The highest BCUT2D eigenvalue weighted by Crippen LogP contribution is 2.26. The maximum absolute atomic E-state index is 12.5. The molecule has 0 spiro atoms. The molecule has 0 saturated carbocycles. The number of nitrogens with zero attached hydrogens (tertiary/aromatic N) is 3. The third-order valence-electron chi connectivity index (χ3n) is 4.28. The van der Waals surface area contributed by atoms with Gasteiger partial charge in [-0.05, 0) is 37.4 Å². The lowest BCUT2D eigenvalue weighted by atomic mass is 10.2. The molecule has 0 atom stereocenters. The highest BCUT2D eigenvalue weighted by Gasteiger charge is 2.13. The average Bonchev–Trinajstić information content (AvgIpc) is 3.47. The number of thiophene rings is 1. The van der Waals surface area contributed by atoms with E-state index in [-0.39, 0.29) is 5.91 Å². The largest absolute Gasteiger partial charge is 0.489 e. The van der Waals surface area contributed by atoms with E-state index in [1.165, 1.54) is 28.2 Å². The van der Waals surface area contributed by atoms with E-state index in [0.717, 1.165) is 29.1 Å². The number of amides is 1. The topological polar surface area (TPSA) is 69.0 Å². The number of ether oxygens (including phenoxy) is 1. The van der Waals surface area contributed by atoms with Crippen molar-refractivity contribution in [2.45, 2.75) is 27.0 Å². The summed E-state index contributed by atoms with van der Waals surface area (Å²) in [7, 11) is 0. The van der Waals surface area contributed by atoms with Gasteiger partial charge in [-0.2, -0.15) is 5.10 Å². The van der Waals surface area contributed by atoms with Crippen LogP contribution in [0.15, 0.2) is 53.5 Å². The highest BCUT2D eigenvalue weighted by atomic mass is 32.1. The SMILES string of the molecule is CCn1cc(-c2csc(NC(=O)c3cc(COc4ccc(C)cc4)cs3)n2)cn1. The number of thiazole rings is 1. The van der Waals surface area contributed by atoms with Crippen molar-refractivity contribution in [2.24, 2.45) is 0 Å². The molecular weight excluding hydrogens is 404 g/mol. The molecule has 0 bridgehead atoms. The number of hydrogen-bond donors (Lipinski definition) is 1. The van der Waals surface area contributed by atoms with E-state index < -0.39 is 0 Å². The molecule has 3 heterocycles. The van der Waals surface area contributed by atoms with Crippen LogP contribution in [-0.2, 0) is 13.2 Å². The van der Waals surface area contributed by atoms with Gasteiger partial charge in [-0.15, -0.1) is 22.7 Å². The lowest BCUT2D eigenvalue weighted by Gasteiger charge is -2.04. The van der Waals surface area contributed by atoms with Crippen molar-refractivity contribution >= 4 is 33.7 Å². The second-order valence-corrected chi connectivity index (χ2v) is 8.27. The molecule has 1 amide bonds. The summed E-state index contributed by atoms with van der Waals surface area (Å²) in [5.41, 5.74) is 3.91.